The first-order chi connectivity index (χ1) is 16.4. The number of carboxylic acid groups (broad SMARTS) is 1. The lowest BCUT2D eigenvalue weighted by Crippen LogP contribution is -2.47. The summed E-state index contributed by atoms with van der Waals surface area (Å²) in [7, 11) is 0. The topological polar surface area (TPSA) is 116 Å². The summed E-state index contributed by atoms with van der Waals surface area (Å²) < 4.78 is 11.2. The van der Waals surface area contributed by atoms with E-state index in [4.69, 9.17) is 14.6 Å². The van der Waals surface area contributed by atoms with Crippen LogP contribution in [-0.2, 0) is 14.3 Å². The van der Waals surface area contributed by atoms with E-state index < -0.39 is 30.6 Å². The molecule has 4 N–H and O–H groups in total. The largest absolute Gasteiger partial charge is 0.481 e. The molecule has 0 radical (unpaired) electrons. The molecule has 1 saturated heterocycles. The predicted molar refractivity (Wildman–Crippen MR) is 134 cm³/mol. The highest BCUT2D eigenvalue weighted by Crippen LogP contribution is 2.21. The maximum Gasteiger partial charge on any atom is 0.305 e. The van der Waals surface area contributed by atoms with Gasteiger partial charge in [-0.15, -0.1) is 0 Å². The fourth-order valence-electron chi connectivity index (χ4n) is 4.55. The van der Waals surface area contributed by atoms with Crippen molar-refractivity contribution in [2.45, 2.75) is 160 Å². The van der Waals surface area contributed by atoms with Gasteiger partial charge < -0.3 is 29.9 Å². The zero-order valence-electron chi connectivity index (χ0n) is 21.5. The molecule has 0 aromatic rings. The Hall–Kier alpha value is -0.730. The van der Waals surface area contributed by atoms with Crippen molar-refractivity contribution in [2.75, 3.05) is 6.61 Å². The van der Waals surface area contributed by atoms with Crippen LogP contribution in [0, 0.1) is 0 Å². The minimum absolute atomic E-state index is 0.133. The monoisotopic (exact) mass is 488 g/mol. The van der Waals surface area contributed by atoms with Gasteiger partial charge in [0.2, 0.25) is 0 Å². The van der Waals surface area contributed by atoms with Gasteiger partial charge in [0.15, 0.2) is 6.29 Å². The van der Waals surface area contributed by atoms with Crippen LogP contribution in [0.1, 0.15) is 129 Å². The van der Waals surface area contributed by atoms with E-state index in [1.807, 2.05) is 0 Å². The van der Waals surface area contributed by atoms with Gasteiger partial charge in [0.1, 0.15) is 6.10 Å². The Kier molecular flexibility index (Phi) is 18.8. The second-order valence-electron chi connectivity index (χ2n) is 10.1. The summed E-state index contributed by atoms with van der Waals surface area (Å²) in [5.41, 5.74) is 0. The molecule has 1 fully saturated rings. The average molecular weight is 489 g/mol. The molecule has 5 atom stereocenters. The van der Waals surface area contributed by atoms with Gasteiger partial charge in [-0.1, -0.05) is 96.3 Å². The number of aliphatic hydroxyl groups is 3. The number of aliphatic hydroxyl groups excluding tert-OH is 3. The normalized spacial score (nSPS) is 23.8. The molecule has 0 aliphatic carbocycles. The van der Waals surface area contributed by atoms with Gasteiger partial charge in [-0.05, 0) is 19.8 Å². The second kappa shape index (κ2) is 20.5. The van der Waals surface area contributed by atoms with Crippen LogP contribution < -0.4 is 0 Å². The third-order valence-electron chi connectivity index (χ3n) is 6.81. The number of unbranched alkanes of at least 4 members (excludes halogenated alkanes) is 15. The van der Waals surface area contributed by atoms with E-state index in [2.05, 4.69) is 0 Å². The van der Waals surface area contributed by atoms with Crippen molar-refractivity contribution in [3.63, 3.8) is 0 Å². The van der Waals surface area contributed by atoms with Crippen molar-refractivity contribution in [1.29, 1.82) is 0 Å². The van der Waals surface area contributed by atoms with Gasteiger partial charge in [0, 0.05) is 13.0 Å². The van der Waals surface area contributed by atoms with Crippen LogP contribution >= 0.6 is 0 Å². The second-order valence-corrected chi connectivity index (χ2v) is 10.1. The van der Waals surface area contributed by atoms with E-state index in [9.17, 15) is 20.1 Å². The first-order valence-electron chi connectivity index (χ1n) is 13.9. The molecule has 1 aliphatic heterocycles. The van der Waals surface area contributed by atoms with Crippen molar-refractivity contribution >= 4 is 5.97 Å². The SMILES string of the molecule is C[C@@H]1O[C@@H](OCCCCCCCCCCCCCCCCCC[C@@H](O)CC(=O)O)[C@H](O)C[C@H]1O. The van der Waals surface area contributed by atoms with E-state index in [-0.39, 0.29) is 12.5 Å². The van der Waals surface area contributed by atoms with Crippen LogP contribution in [0.5, 0.6) is 0 Å². The molecule has 7 heteroatoms. The molecular formula is C27H52O7. The molecule has 1 heterocycles. The Morgan fingerprint density at radius 2 is 1.24 bits per heavy atom. The molecule has 0 unspecified atom stereocenters. The molecule has 0 saturated carbocycles. The van der Waals surface area contributed by atoms with Gasteiger partial charge in [-0.2, -0.15) is 0 Å². The molecule has 0 amide bonds. The number of ether oxygens (including phenoxy) is 2. The number of rotatable bonds is 22. The molecule has 0 aromatic carbocycles. The fraction of sp³-hybridized carbons (Fsp3) is 0.963. The zero-order valence-corrected chi connectivity index (χ0v) is 21.5. The van der Waals surface area contributed by atoms with E-state index in [1.54, 1.807) is 6.92 Å². The summed E-state index contributed by atoms with van der Waals surface area (Å²) in [6.07, 6.45) is 17.5. The van der Waals surface area contributed by atoms with Gasteiger partial charge in [0.05, 0.1) is 24.7 Å². The first kappa shape index (κ1) is 31.3. The van der Waals surface area contributed by atoms with Gasteiger partial charge >= 0.3 is 5.97 Å². The molecule has 0 bridgehead atoms. The summed E-state index contributed by atoms with van der Waals surface area (Å²) >= 11 is 0. The molecule has 7 nitrogen and oxygen atoms in total. The number of hydrogen-bond donors (Lipinski definition) is 4. The molecule has 1 aliphatic rings. The number of carboxylic acids is 1. The number of hydrogen-bond acceptors (Lipinski definition) is 6. The molecule has 0 aromatic heterocycles. The quantitative estimate of drug-likeness (QED) is 0.152. The van der Waals surface area contributed by atoms with E-state index >= 15 is 0 Å². The Labute approximate surface area is 207 Å². The Balaban J connectivity index is 1.74. The van der Waals surface area contributed by atoms with Gasteiger partial charge in [0.25, 0.3) is 0 Å². The standard InChI is InChI=1S/C27H52O7/c1-22-24(29)21-25(30)27(34-22)33-19-17-15-13-11-9-7-5-3-2-4-6-8-10-12-14-16-18-23(28)20-26(31)32/h22-25,27-30H,2-21H2,1H3,(H,31,32)/t22-,23+,24+,25+,27+/m0/s1. The number of aliphatic carboxylic acids is 1. The minimum Gasteiger partial charge on any atom is -0.481 e. The van der Waals surface area contributed by atoms with Crippen LogP contribution in [0.4, 0.5) is 0 Å². The average Bonchev–Trinajstić information content (AvgIpc) is 2.78. The van der Waals surface area contributed by atoms with Crippen LogP contribution in [-0.4, -0.2) is 63.7 Å². The summed E-state index contributed by atoms with van der Waals surface area (Å²) in [4.78, 5) is 10.5. The predicted octanol–water partition coefficient (Wildman–Crippen LogP) is 5.33. The first-order valence-corrected chi connectivity index (χ1v) is 13.9. The maximum absolute atomic E-state index is 10.5. The van der Waals surface area contributed by atoms with Crippen LogP contribution in [0.25, 0.3) is 0 Å². The van der Waals surface area contributed by atoms with E-state index in [1.165, 1.54) is 77.0 Å². The molecule has 1 rings (SSSR count). The van der Waals surface area contributed by atoms with Crippen molar-refractivity contribution in [2.24, 2.45) is 0 Å². The van der Waals surface area contributed by atoms with Gasteiger partial charge in [-0.3, -0.25) is 4.79 Å². The lowest BCUT2D eigenvalue weighted by Gasteiger charge is -2.35. The van der Waals surface area contributed by atoms with Crippen molar-refractivity contribution in [3.8, 4) is 0 Å². The van der Waals surface area contributed by atoms with E-state index in [0.29, 0.717) is 19.4 Å². The van der Waals surface area contributed by atoms with E-state index in [0.717, 1.165) is 25.7 Å². The highest BCUT2D eigenvalue weighted by molar-refractivity contribution is 5.67. The Morgan fingerprint density at radius 3 is 1.71 bits per heavy atom. The third-order valence-corrected chi connectivity index (χ3v) is 6.81. The smallest absolute Gasteiger partial charge is 0.305 e. The summed E-state index contributed by atoms with van der Waals surface area (Å²) in [6, 6.07) is 0. The maximum atomic E-state index is 10.5. The van der Waals surface area contributed by atoms with Crippen LogP contribution in [0.2, 0.25) is 0 Å². The third kappa shape index (κ3) is 16.8. The zero-order chi connectivity index (χ0) is 25.0. The highest BCUT2D eigenvalue weighted by atomic mass is 16.7. The molecule has 0 spiro atoms. The van der Waals surface area contributed by atoms with Crippen LogP contribution in [0.15, 0.2) is 0 Å². The summed E-state index contributed by atoms with van der Waals surface area (Å²) in [5.74, 6) is -0.920. The molecule has 202 valence electrons. The summed E-state index contributed by atoms with van der Waals surface area (Å²) in [5, 5.41) is 37.7. The molecular weight excluding hydrogens is 436 g/mol. The van der Waals surface area contributed by atoms with Crippen molar-refractivity contribution in [3.05, 3.63) is 0 Å². The van der Waals surface area contributed by atoms with Gasteiger partial charge in [-0.25, -0.2) is 0 Å². The summed E-state index contributed by atoms with van der Waals surface area (Å²) in [6.45, 7) is 2.40. The fourth-order valence-corrected chi connectivity index (χ4v) is 4.55. The van der Waals surface area contributed by atoms with Crippen molar-refractivity contribution in [1.82, 2.24) is 0 Å². The highest BCUT2D eigenvalue weighted by Gasteiger charge is 2.34. The lowest BCUT2D eigenvalue weighted by molar-refractivity contribution is -0.261. The van der Waals surface area contributed by atoms with Crippen LogP contribution in [0.3, 0.4) is 0 Å². The van der Waals surface area contributed by atoms with Crippen molar-refractivity contribution < 1.29 is 34.7 Å². The number of carbonyl (C=O) groups is 1. The molecule has 34 heavy (non-hydrogen) atoms. The Bertz CT molecular complexity index is 488. The lowest BCUT2D eigenvalue weighted by atomic mass is 10.0. The minimum atomic E-state index is -0.920. The Morgan fingerprint density at radius 1 is 0.794 bits per heavy atom.